The average Bonchev–Trinajstić information content (AvgIpc) is 3.05. The van der Waals surface area contributed by atoms with E-state index in [1.165, 1.54) is 0 Å². The SMILES string of the molecule is Cn1cc2c(Cl)ccnc2n1.Cn1ncc2c(Cl)ccnc21. The first kappa shape index (κ1) is 14.7. The van der Waals surface area contributed by atoms with Gasteiger partial charge in [-0.1, -0.05) is 23.2 Å². The first-order valence-corrected chi connectivity index (χ1v) is 7.18. The Hall–Kier alpha value is -2.18. The summed E-state index contributed by atoms with van der Waals surface area (Å²) >= 11 is 11.8. The van der Waals surface area contributed by atoms with Crippen molar-refractivity contribution in [1.29, 1.82) is 0 Å². The number of hydrogen-bond acceptors (Lipinski definition) is 4. The zero-order chi connectivity index (χ0) is 15.7. The summed E-state index contributed by atoms with van der Waals surface area (Å²) in [4.78, 5) is 8.16. The van der Waals surface area contributed by atoms with Crippen molar-refractivity contribution in [1.82, 2.24) is 29.5 Å². The Bertz CT molecular complexity index is 931. The van der Waals surface area contributed by atoms with E-state index in [0.29, 0.717) is 15.7 Å². The molecule has 0 spiro atoms. The summed E-state index contributed by atoms with van der Waals surface area (Å²) in [6.07, 6.45) is 6.89. The third-order valence-electron chi connectivity index (χ3n) is 3.07. The fourth-order valence-electron chi connectivity index (χ4n) is 2.02. The maximum absolute atomic E-state index is 5.88. The molecule has 6 nitrogen and oxygen atoms in total. The molecule has 0 radical (unpaired) electrons. The molecule has 4 rings (SSSR count). The van der Waals surface area contributed by atoms with Crippen molar-refractivity contribution in [2.75, 3.05) is 0 Å². The fourth-order valence-corrected chi connectivity index (χ4v) is 2.40. The lowest BCUT2D eigenvalue weighted by molar-refractivity contribution is 0.776. The van der Waals surface area contributed by atoms with Crippen LogP contribution in [-0.2, 0) is 14.1 Å². The Morgan fingerprint density at radius 2 is 1.64 bits per heavy atom. The minimum Gasteiger partial charge on any atom is -0.273 e. The quantitative estimate of drug-likeness (QED) is 0.495. The monoisotopic (exact) mass is 334 g/mol. The van der Waals surface area contributed by atoms with Crippen molar-refractivity contribution in [2.45, 2.75) is 0 Å². The van der Waals surface area contributed by atoms with Gasteiger partial charge in [-0.2, -0.15) is 10.2 Å². The minimum atomic E-state index is 0.694. The molecule has 0 fully saturated rings. The Morgan fingerprint density at radius 3 is 2.32 bits per heavy atom. The smallest absolute Gasteiger partial charge is 0.182 e. The lowest BCUT2D eigenvalue weighted by Crippen LogP contribution is -1.90. The molecule has 0 saturated carbocycles. The van der Waals surface area contributed by atoms with Gasteiger partial charge in [-0.15, -0.1) is 0 Å². The number of pyridine rings is 2. The van der Waals surface area contributed by atoms with Crippen LogP contribution < -0.4 is 0 Å². The zero-order valence-corrected chi connectivity index (χ0v) is 13.4. The van der Waals surface area contributed by atoms with E-state index in [1.807, 2.05) is 20.3 Å². The van der Waals surface area contributed by atoms with E-state index in [4.69, 9.17) is 23.2 Å². The molecular formula is C14H12Cl2N6. The third-order valence-corrected chi connectivity index (χ3v) is 3.73. The molecule has 112 valence electrons. The van der Waals surface area contributed by atoms with E-state index < -0.39 is 0 Å². The van der Waals surface area contributed by atoms with Crippen molar-refractivity contribution in [3.63, 3.8) is 0 Å². The summed E-state index contributed by atoms with van der Waals surface area (Å²) in [6.45, 7) is 0. The molecule has 0 aromatic carbocycles. The number of fused-ring (bicyclic) bond motifs is 2. The second kappa shape index (κ2) is 5.90. The minimum absolute atomic E-state index is 0.694. The molecule has 8 heteroatoms. The standard InChI is InChI=1S/2C7H6ClN3/c1-11-4-5-6(8)2-3-9-7(5)10-11;1-11-7-5(4-10-11)6(8)2-3-9-7/h2*2-4H,1H3. The number of rotatable bonds is 0. The Kier molecular flexibility index (Phi) is 3.96. The normalized spacial score (nSPS) is 10.7. The Balaban J connectivity index is 0.000000131. The highest BCUT2D eigenvalue weighted by Gasteiger charge is 2.02. The van der Waals surface area contributed by atoms with Gasteiger partial charge in [0.2, 0.25) is 0 Å². The number of nitrogens with zero attached hydrogens (tertiary/aromatic N) is 6. The van der Waals surface area contributed by atoms with Crippen LogP contribution in [-0.4, -0.2) is 29.5 Å². The molecular weight excluding hydrogens is 323 g/mol. The van der Waals surface area contributed by atoms with Gasteiger partial charge in [0.1, 0.15) is 0 Å². The zero-order valence-electron chi connectivity index (χ0n) is 11.9. The van der Waals surface area contributed by atoms with Crippen LogP contribution in [0.15, 0.2) is 36.9 Å². The van der Waals surface area contributed by atoms with E-state index >= 15 is 0 Å². The van der Waals surface area contributed by atoms with Crippen LogP contribution in [0.1, 0.15) is 0 Å². The average molecular weight is 335 g/mol. The van der Waals surface area contributed by atoms with Gasteiger partial charge in [0.25, 0.3) is 0 Å². The molecule has 0 aliphatic carbocycles. The van der Waals surface area contributed by atoms with Gasteiger partial charge in [-0.3, -0.25) is 9.36 Å². The van der Waals surface area contributed by atoms with Crippen molar-refractivity contribution >= 4 is 45.3 Å². The fraction of sp³-hybridized carbons (Fsp3) is 0.143. The molecule has 4 aromatic heterocycles. The van der Waals surface area contributed by atoms with Gasteiger partial charge in [0.05, 0.1) is 27.0 Å². The number of aryl methyl sites for hydroxylation is 2. The van der Waals surface area contributed by atoms with Gasteiger partial charge in [-0.25, -0.2) is 9.97 Å². The molecule has 0 bridgehead atoms. The molecule has 0 atom stereocenters. The summed E-state index contributed by atoms with van der Waals surface area (Å²) < 4.78 is 3.39. The summed E-state index contributed by atoms with van der Waals surface area (Å²) in [5.41, 5.74) is 1.51. The molecule has 0 saturated heterocycles. The molecule has 0 aliphatic rings. The Labute approximate surface area is 136 Å². The second-order valence-electron chi connectivity index (χ2n) is 4.63. The lowest BCUT2D eigenvalue weighted by Gasteiger charge is -1.92. The van der Waals surface area contributed by atoms with Crippen molar-refractivity contribution in [2.24, 2.45) is 14.1 Å². The van der Waals surface area contributed by atoms with Gasteiger partial charge >= 0.3 is 0 Å². The summed E-state index contributed by atoms with van der Waals surface area (Å²) in [6, 6.07) is 3.51. The number of halogens is 2. The van der Waals surface area contributed by atoms with Crippen molar-refractivity contribution in [3.05, 3.63) is 47.0 Å². The first-order valence-electron chi connectivity index (χ1n) is 6.42. The maximum Gasteiger partial charge on any atom is 0.182 e. The van der Waals surface area contributed by atoms with Crippen molar-refractivity contribution < 1.29 is 0 Å². The molecule has 0 unspecified atom stereocenters. The number of hydrogen-bond donors (Lipinski definition) is 0. The predicted molar refractivity (Wildman–Crippen MR) is 87.0 cm³/mol. The van der Waals surface area contributed by atoms with Gasteiger partial charge in [0.15, 0.2) is 11.3 Å². The van der Waals surface area contributed by atoms with Crippen LogP contribution in [0.2, 0.25) is 10.0 Å². The largest absolute Gasteiger partial charge is 0.273 e. The van der Waals surface area contributed by atoms with E-state index in [-0.39, 0.29) is 0 Å². The number of aromatic nitrogens is 6. The summed E-state index contributed by atoms with van der Waals surface area (Å²) in [7, 11) is 3.68. The first-order chi connectivity index (χ1) is 10.6. The van der Waals surface area contributed by atoms with E-state index in [0.717, 1.165) is 16.4 Å². The van der Waals surface area contributed by atoms with Crippen LogP contribution >= 0.6 is 23.2 Å². The van der Waals surface area contributed by atoms with Crippen LogP contribution in [0.3, 0.4) is 0 Å². The Morgan fingerprint density at radius 1 is 0.955 bits per heavy atom. The third kappa shape index (κ3) is 2.75. The van der Waals surface area contributed by atoms with E-state index in [9.17, 15) is 0 Å². The topological polar surface area (TPSA) is 61.4 Å². The highest BCUT2D eigenvalue weighted by Crippen LogP contribution is 2.20. The van der Waals surface area contributed by atoms with Gasteiger partial charge in [-0.05, 0) is 12.1 Å². The second-order valence-corrected chi connectivity index (χ2v) is 5.45. The van der Waals surface area contributed by atoms with E-state index in [1.54, 1.807) is 40.1 Å². The maximum atomic E-state index is 5.88. The van der Waals surface area contributed by atoms with Gasteiger partial charge in [0, 0.05) is 32.7 Å². The van der Waals surface area contributed by atoms with Crippen molar-refractivity contribution in [3.8, 4) is 0 Å². The predicted octanol–water partition coefficient (Wildman–Crippen LogP) is 3.24. The van der Waals surface area contributed by atoms with Gasteiger partial charge < -0.3 is 0 Å². The van der Waals surface area contributed by atoms with Crippen LogP contribution in [0, 0.1) is 0 Å². The molecule has 22 heavy (non-hydrogen) atoms. The molecule has 4 aromatic rings. The molecule has 0 aliphatic heterocycles. The highest BCUT2D eigenvalue weighted by atomic mass is 35.5. The summed E-state index contributed by atoms with van der Waals surface area (Å²) in [5.74, 6) is 0. The summed E-state index contributed by atoms with van der Waals surface area (Å²) in [5, 5.41) is 11.3. The van der Waals surface area contributed by atoms with Crippen LogP contribution in [0.25, 0.3) is 22.1 Å². The van der Waals surface area contributed by atoms with Crippen LogP contribution in [0.4, 0.5) is 0 Å². The van der Waals surface area contributed by atoms with E-state index in [2.05, 4.69) is 20.2 Å². The highest BCUT2D eigenvalue weighted by molar-refractivity contribution is 6.35. The molecule has 0 amide bonds. The van der Waals surface area contributed by atoms with Crippen LogP contribution in [0.5, 0.6) is 0 Å². The lowest BCUT2D eigenvalue weighted by atomic mass is 10.4. The molecule has 0 N–H and O–H groups in total. The molecule has 4 heterocycles.